The van der Waals surface area contributed by atoms with Crippen LogP contribution in [0.3, 0.4) is 0 Å². The minimum Gasteiger partial charge on any atom is -0.352 e. The highest BCUT2D eigenvalue weighted by molar-refractivity contribution is 7.71. The Labute approximate surface area is 195 Å². The highest BCUT2D eigenvalue weighted by Crippen LogP contribution is 2.44. The lowest BCUT2D eigenvalue weighted by Gasteiger charge is -2.38. The molecule has 1 amide bonds. The molecule has 166 valence electrons. The monoisotopic (exact) mass is 473 g/mol. The summed E-state index contributed by atoms with van der Waals surface area (Å²) in [4.78, 5) is 16.3. The predicted octanol–water partition coefficient (Wildman–Crippen LogP) is 6.46. The zero-order chi connectivity index (χ0) is 22.8. The van der Waals surface area contributed by atoms with Crippen LogP contribution in [0.5, 0.6) is 0 Å². The predicted molar refractivity (Wildman–Crippen MR) is 125 cm³/mol. The highest BCUT2D eigenvalue weighted by atomic mass is 35.5. The Morgan fingerprint density at radius 1 is 1.19 bits per heavy atom. The molecule has 1 fully saturated rings. The van der Waals surface area contributed by atoms with Gasteiger partial charge in [0, 0.05) is 25.2 Å². The van der Waals surface area contributed by atoms with Crippen LogP contribution in [0, 0.1) is 23.2 Å². The van der Waals surface area contributed by atoms with Gasteiger partial charge in [-0.05, 0) is 60.2 Å². The van der Waals surface area contributed by atoms with Crippen LogP contribution in [0.25, 0.3) is 0 Å². The number of H-pyrrole nitrogens is 1. The van der Waals surface area contributed by atoms with Gasteiger partial charge in [-0.15, -0.1) is 0 Å². The summed E-state index contributed by atoms with van der Waals surface area (Å²) in [5.74, 6) is -0.867. The number of piperidine rings is 1. The molecule has 0 aliphatic carbocycles. The van der Waals surface area contributed by atoms with Crippen LogP contribution in [0.4, 0.5) is 20.2 Å². The van der Waals surface area contributed by atoms with Crippen molar-refractivity contribution in [2.24, 2.45) is 0 Å². The number of carbonyl (C=O) groups is 1. The molecule has 1 aliphatic rings. The Morgan fingerprint density at radius 2 is 1.94 bits per heavy atom. The van der Waals surface area contributed by atoms with Crippen molar-refractivity contribution in [1.29, 1.82) is 0 Å². The van der Waals surface area contributed by atoms with Crippen molar-refractivity contribution in [2.45, 2.75) is 25.2 Å². The van der Waals surface area contributed by atoms with Crippen LogP contribution in [0.2, 0.25) is 5.02 Å². The lowest BCUT2D eigenvalue weighted by atomic mass is 9.76. The van der Waals surface area contributed by atoms with Crippen molar-refractivity contribution < 1.29 is 13.6 Å². The molecule has 4 rings (SSSR count). The lowest BCUT2D eigenvalue weighted by Crippen LogP contribution is -2.37. The van der Waals surface area contributed by atoms with Crippen molar-refractivity contribution in [1.82, 2.24) is 9.88 Å². The molecule has 2 aromatic carbocycles. The Balaban J connectivity index is 1.81. The first-order valence-electron chi connectivity index (χ1n) is 10.3. The summed E-state index contributed by atoms with van der Waals surface area (Å²) in [5.41, 5.74) is 3.33. The number of likely N-dealkylation sites (tertiary alicyclic amines) is 1. The molecule has 2 unspecified atom stereocenters. The number of pyridine rings is 1. The number of aromatic amines is 1. The first-order chi connectivity index (χ1) is 15.4. The Kier molecular flexibility index (Phi) is 6.58. The Morgan fingerprint density at radius 3 is 2.62 bits per heavy atom. The van der Waals surface area contributed by atoms with Gasteiger partial charge in [-0.1, -0.05) is 42.0 Å². The number of aromatic nitrogens is 1. The number of hydrogen-bond donors (Lipinski definition) is 2. The second kappa shape index (κ2) is 9.38. The molecule has 2 atom stereocenters. The van der Waals surface area contributed by atoms with E-state index in [2.05, 4.69) is 10.3 Å². The van der Waals surface area contributed by atoms with Gasteiger partial charge in [0.05, 0.1) is 16.4 Å². The van der Waals surface area contributed by atoms with E-state index in [0.717, 1.165) is 23.1 Å². The molecule has 8 heteroatoms. The maximum absolute atomic E-state index is 14.6. The molecule has 0 saturated carbocycles. The second-order valence-corrected chi connectivity index (χ2v) is 8.81. The van der Waals surface area contributed by atoms with E-state index in [1.165, 1.54) is 18.2 Å². The molecule has 32 heavy (non-hydrogen) atoms. The summed E-state index contributed by atoms with van der Waals surface area (Å²) in [7, 11) is 0. The number of halogens is 3. The zero-order valence-corrected chi connectivity index (χ0v) is 18.9. The molecular formula is C24H22ClF2N3OS. The normalized spacial score (nSPS) is 18.4. The fourth-order valence-corrected chi connectivity index (χ4v) is 4.66. The molecular weight excluding hydrogens is 452 g/mol. The average Bonchev–Trinajstić information content (AvgIpc) is 2.79. The van der Waals surface area contributed by atoms with Gasteiger partial charge in [-0.25, -0.2) is 8.78 Å². The van der Waals surface area contributed by atoms with E-state index in [-0.39, 0.29) is 28.4 Å². The number of hydrogen-bond acceptors (Lipinski definition) is 3. The third-order valence-electron chi connectivity index (χ3n) is 5.94. The van der Waals surface area contributed by atoms with Gasteiger partial charge >= 0.3 is 0 Å². The standard InChI is InChI=1S/C24H22ClF2N3OS/c1-14-2-7-21(20(27)10-14)29-23-18(11-28-24(32)22(23)25)19-12-30(13-31)9-8-17(19)15-3-5-16(26)6-4-15/h2-7,10-11,13,17,19H,8-9,12H2,1H3,(H2,28,29,32). The van der Waals surface area contributed by atoms with Crippen LogP contribution in [0.15, 0.2) is 48.7 Å². The van der Waals surface area contributed by atoms with Crippen molar-refractivity contribution in [3.05, 3.63) is 86.6 Å². The van der Waals surface area contributed by atoms with Gasteiger partial charge in [0.2, 0.25) is 6.41 Å². The molecule has 2 heterocycles. The average molecular weight is 474 g/mol. The van der Waals surface area contributed by atoms with Crippen LogP contribution < -0.4 is 5.32 Å². The summed E-state index contributed by atoms with van der Waals surface area (Å²) in [6.45, 7) is 2.85. The number of benzene rings is 2. The van der Waals surface area contributed by atoms with Gasteiger partial charge in [-0.2, -0.15) is 0 Å². The molecule has 0 spiro atoms. The van der Waals surface area contributed by atoms with Crippen molar-refractivity contribution in [3.63, 3.8) is 0 Å². The van der Waals surface area contributed by atoms with E-state index in [9.17, 15) is 13.6 Å². The highest BCUT2D eigenvalue weighted by Gasteiger charge is 2.33. The molecule has 4 nitrogen and oxygen atoms in total. The SMILES string of the molecule is Cc1ccc(Nc2c(C3CN(C=O)CCC3c3ccc(F)cc3)c[nH]c(=S)c2Cl)c(F)c1. The zero-order valence-electron chi connectivity index (χ0n) is 17.4. The van der Waals surface area contributed by atoms with Gasteiger partial charge in [0.1, 0.15) is 16.3 Å². The molecule has 2 N–H and O–H groups in total. The fraction of sp³-hybridized carbons (Fsp3) is 0.250. The second-order valence-electron chi connectivity index (χ2n) is 8.02. The van der Waals surface area contributed by atoms with Crippen LogP contribution in [-0.4, -0.2) is 29.4 Å². The largest absolute Gasteiger partial charge is 0.352 e. The number of carbonyl (C=O) groups excluding carboxylic acids is 1. The van der Waals surface area contributed by atoms with E-state index in [0.29, 0.717) is 29.8 Å². The topological polar surface area (TPSA) is 48.1 Å². The van der Waals surface area contributed by atoms with E-state index < -0.39 is 5.82 Å². The van der Waals surface area contributed by atoms with Gasteiger partial charge < -0.3 is 15.2 Å². The first kappa shape index (κ1) is 22.4. The summed E-state index contributed by atoms with van der Waals surface area (Å²) >= 11 is 11.9. The molecule has 1 aliphatic heterocycles. The summed E-state index contributed by atoms with van der Waals surface area (Å²) in [6, 6.07) is 11.3. The molecule has 0 bridgehead atoms. The lowest BCUT2D eigenvalue weighted by molar-refractivity contribution is -0.119. The van der Waals surface area contributed by atoms with E-state index >= 15 is 0 Å². The molecule has 1 saturated heterocycles. The number of rotatable bonds is 5. The summed E-state index contributed by atoms with van der Waals surface area (Å²) < 4.78 is 28.5. The minimum absolute atomic E-state index is 0.00986. The molecule has 1 aromatic heterocycles. The van der Waals surface area contributed by atoms with Gasteiger partial charge in [-0.3, -0.25) is 4.79 Å². The Hall–Kier alpha value is -2.77. The number of anilines is 2. The van der Waals surface area contributed by atoms with Crippen molar-refractivity contribution in [2.75, 3.05) is 18.4 Å². The van der Waals surface area contributed by atoms with Crippen LogP contribution in [-0.2, 0) is 4.79 Å². The van der Waals surface area contributed by atoms with E-state index in [4.69, 9.17) is 23.8 Å². The van der Waals surface area contributed by atoms with Crippen molar-refractivity contribution in [3.8, 4) is 0 Å². The van der Waals surface area contributed by atoms with Gasteiger partial charge in [0.25, 0.3) is 0 Å². The number of nitrogens with one attached hydrogen (secondary N) is 2. The number of amides is 1. The molecule has 0 radical (unpaired) electrons. The van der Waals surface area contributed by atoms with Gasteiger partial charge in [0.15, 0.2) is 0 Å². The smallest absolute Gasteiger partial charge is 0.209 e. The maximum Gasteiger partial charge on any atom is 0.209 e. The molecule has 3 aromatic rings. The third-order valence-corrected chi connectivity index (χ3v) is 6.75. The summed E-state index contributed by atoms with van der Waals surface area (Å²) in [6.07, 6.45) is 3.28. The quantitative estimate of drug-likeness (QED) is 0.330. The fourth-order valence-electron chi connectivity index (χ4n) is 4.29. The third kappa shape index (κ3) is 4.54. The summed E-state index contributed by atoms with van der Waals surface area (Å²) in [5, 5.41) is 3.40. The van der Waals surface area contributed by atoms with Crippen LogP contribution in [0.1, 0.15) is 34.9 Å². The number of nitrogens with zero attached hydrogens (tertiary/aromatic N) is 1. The first-order valence-corrected chi connectivity index (χ1v) is 11.0. The maximum atomic E-state index is 14.6. The number of aryl methyl sites for hydroxylation is 1. The van der Waals surface area contributed by atoms with E-state index in [1.807, 2.05) is 6.92 Å². The van der Waals surface area contributed by atoms with Crippen molar-refractivity contribution >= 4 is 41.6 Å². The van der Waals surface area contributed by atoms with Crippen LogP contribution >= 0.6 is 23.8 Å². The minimum atomic E-state index is -0.404. The van der Waals surface area contributed by atoms with E-state index in [1.54, 1.807) is 35.4 Å². The Bertz CT molecular complexity index is 1200.